The van der Waals surface area contributed by atoms with Crippen LogP contribution in [0.4, 0.5) is 0 Å². The lowest BCUT2D eigenvalue weighted by Gasteiger charge is -2.37. The number of amides is 1. The van der Waals surface area contributed by atoms with Crippen LogP contribution >= 0.6 is 0 Å². The van der Waals surface area contributed by atoms with Gasteiger partial charge in [0.1, 0.15) is 12.2 Å². The maximum absolute atomic E-state index is 11.1. The van der Waals surface area contributed by atoms with Gasteiger partial charge < -0.3 is 31.1 Å². The lowest BCUT2D eigenvalue weighted by Crippen LogP contribution is -2.64. The van der Waals surface area contributed by atoms with Crippen LogP contribution in [0.15, 0.2) is 0 Å². The molecular weight excluding hydrogens is 192 g/mol. The van der Waals surface area contributed by atoms with Crippen LogP contribution in [0, 0.1) is 0 Å². The first-order valence-electron chi connectivity index (χ1n) is 4.16. The monoisotopic (exact) mass is 206 g/mol. The zero-order valence-electron chi connectivity index (χ0n) is 7.62. The number of hydrogen-bond acceptors (Lipinski definition) is 6. The first-order chi connectivity index (χ1) is 6.49. The number of carbonyl (C=O) groups excluding carboxylic acids is 1. The summed E-state index contributed by atoms with van der Waals surface area (Å²) in [5.74, 6) is -0.598. The van der Waals surface area contributed by atoms with Crippen molar-refractivity contribution >= 4 is 5.91 Å². The Morgan fingerprint density at radius 1 is 1.36 bits per heavy atom. The molecule has 0 bridgehead atoms. The maximum atomic E-state index is 11.1. The molecule has 0 radical (unpaired) electrons. The molecule has 1 aliphatic rings. The normalized spacial score (nSPS) is 43.4. The van der Waals surface area contributed by atoms with Crippen molar-refractivity contribution in [3.05, 3.63) is 0 Å². The molecule has 0 aromatic carbocycles. The highest BCUT2D eigenvalue weighted by Gasteiger charge is 2.44. The van der Waals surface area contributed by atoms with E-state index in [-0.39, 0.29) is 0 Å². The summed E-state index contributed by atoms with van der Waals surface area (Å²) in [7, 11) is 1.36. The molecule has 0 aliphatic carbocycles. The second kappa shape index (κ2) is 4.20. The summed E-state index contributed by atoms with van der Waals surface area (Å²) in [5, 5.41) is 30.0. The molecule has 5 atom stereocenters. The number of carbonyl (C=O) groups is 1. The van der Waals surface area contributed by atoms with Crippen molar-refractivity contribution < 1.29 is 24.9 Å². The van der Waals surface area contributed by atoms with Gasteiger partial charge in [-0.15, -0.1) is 0 Å². The molecule has 0 aromatic rings. The third kappa shape index (κ3) is 1.86. The summed E-state index contributed by atoms with van der Waals surface area (Å²) < 4.78 is 4.70. The molecule has 1 amide bonds. The molecule has 1 saturated heterocycles. The van der Waals surface area contributed by atoms with Gasteiger partial charge in [0.2, 0.25) is 0 Å². The van der Waals surface area contributed by atoms with E-state index in [0.29, 0.717) is 0 Å². The van der Waals surface area contributed by atoms with Gasteiger partial charge in [-0.1, -0.05) is 0 Å². The van der Waals surface area contributed by atoms with E-state index in [4.69, 9.17) is 15.6 Å². The zero-order chi connectivity index (χ0) is 10.9. The fourth-order valence-electron chi connectivity index (χ4n) is 1.26. The van der Waals surface area contributed by atoms with Gasteiger partial charge in [-0.3, -0.25) is 4.79 Å². The van der Waals surface area contributed by atoms with Gasteiger partial charge in [0.15, 0.2) is 12.4 Å². The van der Waals surface area contributed by atoms with Crippen LogP contribution in [0.1, 0.15) is 0 Å². The van der Waals surface area contributed by atoms with Crippen molar-refractivity contribution in [2.24, 2.45) is 5.73 Å². The van der Waals surface area contributed by atoms with Crippen molar-refractivity contribution in [2.45, 2.75) is 30.6 Å². The largest absolute Gasteiger partial charge is 0.388 e. The molecule has 5 unspecified atom stereocenters. The lowest BCUT2D eigenvalue weighted by atomic mass is 9.96. The molecule has 1 rings (SSSR count). The van der Waals surface area contributed by atoms with E-state index < -0.39 is 36.6 Å². The van der Waals surface area contributed by atoms with Gasteiger partial charge in [0.05, 0.1) is 6.04 Å². The highest BCUT2D eigenvalue weighted by Crippen LogP contribution is 2.18. The smallest absolute Gasteiger partial charge is 0.251 e. The molecular formula is C7H14N2O5. The highest BCUT2D eigenvalue weighted by atomic mass is 16.6. The number of rotatable bonds is 1. The molecule has 7 heteroatoms. The van der Waals surface area contributed by atoms with E-state index in [0.717, 1.165) is 0 Å². The average molecular weight is 206 g/mol. The van der Waals surface area contributed by atoms with Gasteiger partial charge in [-0.2, -0.15) is 0 Å². The van der Waals surface area contributed by atoms with Crippen LogP contribution in [0.5, 0.6) is 0 Å². The number of nitrogens with one attached hydrogen (secondary N) is 1. The predicted octanol–water partition coefficient (Wildman–Crippen LogP) is -3.50. The van der Waals surface area contributed by atoms with Crippen LogP contribution in [-0.4, -0.2) is 58.9 Å². The Labute approximate surface area is 80.5 Å². The van der Waals surface area contributed by atoms with Gasteiger partial charge in [0, 0.05) is 7.05 Å². The number of likely N-dealkylation sites (N-methyl/N-ethyl adjacent to an activating group) is 1. The highest BCUT2D eigenvalue weighted by molar-refractivity contribution is 5.81. The molecule has 14 heavy (non-hydrogen) atoms. The van der Waals surface area contributed by atoms with E-state index in [2.05, 4.69) is 5.32 Å². The Kier molecular flexibility index (Phi) is 3.40. The second-order valence-electron chi connectivity index (χ2n) is 3.12. The minimum atomic E-state index is -1.56. The lowest BCUT2D eigenvalue weighted by molar-refractivity contribution is -0.247. The molecule has 1 fully saturated rings. The van der Waals surface area contributed by atoms with E-state index in [1.54, 1.807) is 0 Å². The van der Waals surface area contributed by atoms with Crippen molar-refractivity contribution in [1.29, 1.82) is 0 Å². The fourth-order valence-corrected chi connectivity index (χ4v) is 1.26. The Hall–Kier alpha value is -0.730. The Morgan fingerprint density at radius 3 is 2.43 bits per heavy atom. The van der Waals surface area contributed by atoms with Crippen LogP contribution < -0.4 is 11.1 Å². The number of hydrogen-bond donors (Lipinski definition) is 5. The molecule has 0 aromatic heterocycles. The quantitative estimate of drug-likeness (QED) is 0.303. The number of aliphatic hydroxyl groups excluding tert-OH is 3. The molecule has 6 N–H and O–H groups in total. The van der Waals surface area contributed by atoms with Crippen LogP contribution in [0.25, 0.3) is 0 Å². The molecule has 82 valence electrons. The number of nitrogens with two attached hydrogens (primary N) is 1. The standard InChI is InChI=1S/C7H14N2O5/c1-9-6(12)5-3(10)2(8)4(11)7(13)14-5/h2-5,7,10-11,13H,8H2,1H3,(H,9,12). The molecule has 0 spiro atoms. The molecule has 0 saturated carbocycles. The maximum Gasteiger partial charge on any atom is 0.251 e. The fraction of sp³-hybridized carbons (Fsp3) is 0.857. The SMILES string of the molecule is CNC(=O)C1OC(O)C(O)C(N)C1O. The summed E-state index contributed by atoms with van der Waals surface area (Å²) in [6.45, 7) is 0. The van der Waals surface area contributed by atoms with E-state index in [9.17, 15) is 15.0 Å². The first-order valence-corrected chi connectivity index (χ1v) is 4.16. The van der Waals surface area contributed by atoms with Gasteiger partial charge in [-0.25, -0.2) is 0 Å². The van der Waals surface area contributed by atoms with Crippen molar-refractivity contribution in [3.63, 3.8) is 0 Å². The molecule has 1 aliphatic heterocycles. The third-order valence-electron chi connectivity index (χ3n) is 2.18. The molecule has 7 nitrogen and oxygen atoms in total. The summed E-state index contributed by atoms with van der Waals surface area (Å²) in [4.78, 5) is 11.1. The third-order valence-corrected chi connectivity index (χ3v) is 2.18. The molecule has 1 heterocycles. The average Bonchev–Trinajstić information content (AvgIpc) is 2.19. The summed E-state index contributed by atoms with van der Waals surface area (Å²) in [5.41, 5.74) is 5.38. The van der Waals surface area contributed by atoms with Gasteiger partial charge >= 0.3 is 0 Å². The van der Waals surface area contributed by atoms with E-state index in [1.807, 2.05) is 0 Å². The van der Waals surface area contributed by atoms with Gasteiger partial charge in [0.25, 0.3) is 5.91 Å². The first kappa shape index (κ1) is 11.3. The van der Waals surface area contributed by atoms with Crippen LogP contribution in [0.2, 0.25) is 0 Å². The number of aliphatic hydroxyl groups is 3. The van der Waals surface area contributed by atoms with Crippen molar-refractivity contribution in [1.82, 2.24) is 5.32 Å². The Morgan fingerprint density at radius 2 is 1.93 bits per heavy atom. The minimum Gasteiger partial charge on any atom is -0.388 e. The Bertz CT molecular complexity index is 224. The van der Waals surface area contributed by atoms with Crippen molar-refractivity contribution in [3.8, 4) is 0 Å². The van der Waals surface area contributed by atoms with Crippen LogP contribution in [0.3, 0.4) is 0 Å². The topological polar surface area (TPSA) is 125 Å². The number of ether oxygens (including phenoxy) is 1. The predicted molar refractivity (Wildman–Crippen MR) is 44.9 cm³/mol. The van der Waals surface area contributed by atoms with E-state index in [1.165, 1.54) is 7.05 Å². The van der Waals surface area contributed by atoms with E-state index >= 15 is 0 Å². The second-order valence-corrected chi connectivity index (χ2v) is 3.12. The summed E-state index contributed by atoms with van der Waals surface area (Å²) in [6, 6.07) is -1.11. The summed E-state index contributed by atoms with van der Waals surface area (Å²) >= 11 is 0. The van der Waals surface area contributed by atoms with Crippen molar-refractivity contribution in [2.75, 3.05) is 7.05 Å². The van der Waals surface area contributed by atoms with Crippen LogP contribution in [-0.2, 0) is 9.53 Å². The zero-order valence-corrected chi connectivity index (χ0v) is 7.62. The van der Waals surface area contributed by atoms with Gasteiger partial charge in [-0.05, 0) is 0 Å². The Balaban J connectivity index is 2.75. The minimum absolute atomic E-state index is 0.598. The summed E-state index contributed by atoms with van der Waals surface area (Å²) in [6.07, 6.45) is -5.55.